The molecule has 0 bridgehead atoms. The summed E-state index contributed by atoms with van der Waals surface area (Å²) in [5.74, 6) is -0.484. The van der Waals surface area contributed by atoms with E-state index in [1.165, 1.54) is 25.3 Å². The Balaban J connectivity index is 2.57. The summed E-state index contributed by atoms with van der Waals surface area (Å²) >= 11 is 0. The highest BCUT2D eigenvalue weighted by Gasteiger charge is 2.40. The molecule has 1 aliphatic heterocycles. The lowest BCUT2D eigenvalue weighted by Gasteiger charge is -2.32. The van der Waals surface area contributed by atoms with Crippen molar-refractivity contribution >= 4 is 21.5 Å². The number of methoxy groups -OCH3 is 1. The van der Waals surface area contributed by atoms with Crippen LogP contribution in [-0.4, -0.2) is 32.8 Å². The number of carbonyl (C=O) groups is 1. The predicted octanol–water partition coefficient (Wildman–Crippen LogP) is 1.45. The van der Waals surface area contributed by atoms with Crippen molar-refractivity contribution < 1.29 is 17.9 Å². The average Bonchev–Trinajstić information content (AvgIpc) is 2.33. The topological polar surface area (TPSA) is 72.5 Å². The van der Waals surface area contributed by atoms with Crippen molar-refractivity contribution in [1.82, 2.24) is 0 Å². The summed E-state index contributed by atoms with van der Waals surface area (Å²) in [5.41, 5.74) is 0.788. The number of fused-ring (bicyclic) bond motifs is 1. The van der Waals surface area contributed by atoms with Crippen LogP contribution < -0.4 is 5.32 Å². The van der Waals surface area contributed by atoms with E-state index in [1.54, 1.807) is 13.8 Å². The molecule has 0 amide bonds. The van der Waals surface area contributed by atoms with Crippen LogP contribution in [0, 0.1) is 0 Å². The van der Waals surface area contributed by atoms with E-state index in [4.69, 9.17) is 0 Å². The van der Waals surface area contributed by atoms with E-state index in [1.807, 2.05) is 0 Å². The van der Waals surface area contributed by atoms with Crippen molar-refractivity contribution in [3.63, 3.8) is 0 Å². The van der Waals surface area contributed by atoms with Gasteiger partial charge in [-0.1, -0.05) is 0 Å². The Morgan fingerprint density at radius 1 is 1.39 bits per heavy atom. The molecule has 0 radical (unpaired) electrons. The van der Waals surface area contributed by atoms with Crippen LogP contribution in [0.25, 0.3) is 0 Å². The molecule has 0 unspecified atom stereocenters. The molecule has 1 N–H and O–H groups in total. The number of carbonyl (C=O) groups excluding carboxylic acids is 1. The molecule has 1 heterocycles. The third kappa shape index (κ3) is 1.77. The van der Waals surface area contributed by atoms with Crippen molar-refractivity contribution in [2.45, 2.75) is 23.5 Å². The number of rotatable bonds is 1. The Labute approximate surface area is 106 Å². The smallest absolute Gasteiger partial charge is 0.337 e. The molecule has 5 nitrogen and oxygen atoms in total. The summed E-state index contributed by atoms with van der Waals surface area (Å²) in [7, 11) is -2.10. The average molecular weight is 269 g/mol. The van der Waals surface area contributed by atoms with E-state index in [0.29, 0.717) is 17.8 Å². The van der Waals surface area contributed by atoms with Gasteiger partial charge in [-0.15, -0.1) is 0 Å². The van der Waals surface area contributed by atoms with Crippen LogP contribution >= 0.6 is 0 Å². The lowest BCUT2D eigenvalue weighted by Crippen LogP contribution is -2.43. The molecule has 0 saturated carbocycles. The highest BCUT2D eigenvalue weighted by molar-refractivity contribution is 7.93. The molecule has 1 aromatic rings. The number of hydrogen-bond acceptors (Lipinski definition) is 5. The lowest BCUT2D eigenvalue weighted by molar-refractivity contribution is 0.0600. The van der Waals surface area contributed by atoms with Gasteiger partial charge in [0.15, 0.2) is 9.84 Å². The third-order valence-corrected chi connectivity index (χ3v) is 5.66. The SMILES string of the molecule is COC(=O)c1ccc2c(c1)NCC(C)(C)S2(=O)=O. The molecule has 0 fully saturated rings. The molecule has 0 aliphatic carbocycles. The number of sulfone groups is 1. The molecule has 0 saturated heterocycles. The zero-order chi connectivity index (χ0) is 13.6. The first-order valence-electron chi connectivity index (χ1n) is 5.50. The first-order chi connectivity index (χ1) is 8.29. The zero-order valence-corrected chi connectivity index (χ0v) is 11.3. The standard InChI is InChI=1S/C12H15NO4S/c1-12(2)7-13-9-6-8(11(14)17-3)4-5-10(9)18(12,15)16/h4-6,13H,7H2,1-3H3. The fourth-order valence-electron chi connectivity index (χ4n) is 1.85. The van der Waals surface area contributed by atoms with Crippen molar-refractivity contribution in [2.24, 2.45) is 0 Å². The van der Waals surface area contributed by atoms with Crippen molar-refractivity contribution in [3.8, 4) is 0 Å². The molecule has 0 aromatic heterocycles. The molecule has 1 aromatic carbocycles. The maximum atomic E-state index is 12.3. The Morgan fingerprint density at radius 2 is 2.06 bits per heavy atom. The number of hydrogen-bond donors (Lipinski definition) is 1. The molecule has 98 valence electrons. The van der Waals surface area contributed by atoms with Gasteiger partial charge in [-0.2, -0.15) is 0 Å². The van der Waals surface area contributed by atoms with Gasteiger partial charge in [0.1, 0.15) is 0 Å². The molecule has 0 spiro atoms. The van der Waals surface area contributed by atoms with E-state index in [9.17, 15) is 13.2 Å². The van der Waals surface area contributed by atoms with E-state index >= 15 is 0 Å². The quantitative estimate of drug-likeness (QED) is 0.781. The van der Waals surface area contributed by atoms with Gasteiger partial charge in [-0.05, 0) is 32.0 Å². The van der Waals surface area contributed by atoms with Crippen LogP contribution in [0.1, 0.15) is 24.2 Å². The van der Waals surface area contributed by atoms with Crippen LogP contribution in [0.4, 0.5) is 5.69 Å². The maximum absolute atomic E-state index is 12.3. The minimum absolute atomic E-state index is 0.228. The van der Waals surface area contributed by atoms with Crippen molar-refractivity contribution in [2.75, 3.05) is 19.0 Å². The van der Waals surface area contributed by atoms with Gasteiger partial charge in [-0.25, -0.2) is 13.2 Å². The molecular formula is C12H15NO4S. The summed E-state index contributed by atoms with van der Waals surface area (Å²) in [6, 6.07) is 4.42. The van der Waals surface area contributed by atoms with Gasteiger partial charge in [0, 0.05) is 6.54 Å². The lowest BCUT2D eigenvalue weighted by atomic mass is 10.1. The summed E-state index contributed by atoms with van der Waals surface area (Å²) < 4.78 is 28.4. The summed E-state index contributed by atoms with van der Waals surface area (Å²) in [6.45, 7) is 3.66. The first kappa shape index (κ1) is 12.9. The summed E-state index contributed by atoms with van der Waals surface area (Å²) in [5, 5.41) is 3.04. The molecular weight excluding hydrogens is 254 g/mol. The van der Waals surface area contributed by atoms with Crippen molar-refractivity contribution in [3.05, 3.63) is 23.8 Å². The summed E-state index contributed by atoms with van der Waals surface area (Å²) in [6.07, 6.45) is 0. The number of nitrogens with one attached hydrogen (secondary N) is 1. The Morgan fingerprint density at radius 3 is 2.67 bits per heavy atom. The maximum Gasteiger partial charge on any atom is 0.337 e. The second-order valence-corrected chi connectivity index (χ2v) is 7.37. The molecule has 0 atom stereocenters. The third-order valence-electron chi connectivity index (χ3n) is 3.12. The number of ether oxygens (including phenoxy) is 1. The molecule has 18 heavy (non-hydrogen) atoms. The van der Waals surface area contributed by atoms with Gasteiger partial charge in [0.2, 0.25) is 0 Å². The molecule has 2 rings (SSSR count). The number of anilines is 1. The van der Waals surface area contributed by atoms with E-state index in [0.717, 1.165) is 0 Å². The minimum Gasteiger partial charge on any atom is -0.465 e. The van der Waals surface area contributed by atoms with Gasteiger partial charge in [0.05, 0.1) is 28.0 Å². The number of benzene rings is 1. The number of esters is 1. The Hall–Kier alpha value is -1.56. The van der Waals surface area contributed by atoms with E-state index < -0.39 is 20.6 Å². The van der Waals surface area contributed by atoms with Crippen LogP contribution in [-0.2, 0) is 14.6 Å². The first-order valence-corrected chi connectivity index (χ1v) is 6.99. The minimum atomic E-state index is -3.38. The highest BCUT2D eigenvalue weighted by Crippen LogP contribution is 2.36. The highest BCUT2D eigenvalue weighted by atomic mass is 32.2. The van der Waals surface area contributed by atoms with Gasteiger partial charge in [0.25, 0.3) is 0 Å². The normalized spacial score (nSPS) is 19.5. The van der Waals surface area contributed by atoms with Gasteiger partial charge in [-0.3, -0.25) is 0 Å². The summed E-state index contributed by atoms with van der Waals surface area (Å²) in [4.78, 5) is 11.6. The Kier molecular flexibility index (Phi) is 2.85. The monoisotopic (exact) mass is 269 g/mol. The Bertz CT molecular complexity index is 605. The van der Waals surface area contributed by atoms with Crippen LogP contribution in [0.3, 0.4) is 0 Å². The molecule has 1 aliphatic rings. The largest absolute Gasteiger partial charge is 0.465 e. The van der Waals surface area contributed by atoms with E-state index in [2.05, 4.69) is 10.1 Å². The van der Waals surface area contributed by atoms with Crippen LogP contribution in [0.15, 0.2) is 23.1 Å². The second-order valence-electron chi connectivity index (χ2n) is 4.82. The van der Waals surface area contributed by atoms with Gasteiger partial charge < -0.3 is 10.1 Å². The van der Waals surface area contributed by atoms with Crippen molar-refractivity contribution in [1.29, 1.82) is 0 Å². The second kappa shape index (κ2) is 3.98. The fraction of sp³-hybridized carbons (Fsp3) is 0.417. The predicted molar refractivity (Wildman–Crippen MR) is 67.5 cm³/mol. The fourth-order valence-corrected chi connectivity index (χ4v) is 3.37. The van der Waals surface area contributed by atoms with Gasteiger partial charge >= 0.3 is 5.97 Å². The molecule has 6 heteroatoms. The van der Waals surface area contributed by atoms with Crippen LogP contribution in [0.2, 0.25) is 0 Å². The van der Waals surface area contributed by atoms with E-state index in [-0.39, 0.29) is 4.90 Å². The zero-order valence-electron chi connectivity index (χ0n) is 10.5. The van der Waals surface area contributed by atoms with Crippen LogP contribution in [0.5, 0.6) is 0 Å².